The van der Waals surface area contributed by atoms with Gasteiger partial charge in [-0.15, -0.1) is 0 Å². The largest absolute Gasteiger partial charge is 0.351 e. The van der Waals surface area contributed by atoms with Crippen LogP contribution < -0.4 is 11.1 Å². The van der Waals surface area contributed by atoms with Crippen molar-refractivity contribution in [3.63, 3.8) is 0 Å². The van der Waals surface area contributed by atoms with E-state index in [0.717, 1.165) is 18.7 Å². The molecule has 1 saturated heterocycles. The summed E-state index contributed by atoms with van der Waals surface area (Å²) < 4.78 is 0. The molecule has 3 N–H and O–H groups in total. The lowest BCUT2D eigenvalue weighted by Crippen LogP contribution is -2.36. The highest BCUT2D eigenvalue weighted by atomic mass is 35.5. The van der Waals surface area contributed by atoms with Gasteiger partial charge in [-0.25, -0.2) is 0 Å². The number of benzene rings is 2. The molecule has 1 amide bonds. The first-order valence-electron chi connectivity index (χ1n) is 8.64. The van der Waals surface area contributed by atoms with Crippen LogP contribution in [0.1, 0.15) is 17.0 Å². The fraction of sp³-hybridized carbons (Fsp3) is 0.350. The van der Waals surface area contributed by atoms with E-state index in [-0.39, 0.29) is 5.91 Å². The maximum atomic E-state index is 12.3. The number of likely N-dealkylation sites (tertiary alicyclic amines) is 1. The number of amides is 1. The molecule has 0 spiro atoms. The van der Waals surface area contributed by atoms with Crippen LogP contribution in [-0.4, -0.2) is 37.0 Å². The Bertz CT molecular complexity index is 707. The molecule has 5 heteroatoms. The number of rotatable bonds is 6. The highest BCUT2D eigenvalue weighted by Crippen LogP contribution is 2.31. The fourth-order valence-corrected chi connectivity index (χ4v) is 3.73. The minimum Gasteiger partial charge on any atom is -0.351 e. The molecule has 132 valence electrons. The van der Waals surface area contributed by atoms with Crippen LogP contribution >= 0.6 is 11.6 Å². The van der Waals surface area contributed by atoms with Gasteiger partial charge in [-0.2, -0.15) is 0 Å². The molecule has 2 atom stereocenters. The Hall–Kier alpha value is -1.88. The summed E-state index contributed by atoms with van der Waals surface area (Å²) >= 11 is 5.97. The van der Waals surface area contributed by atoms with Crippen molar-refractivity contribution < 1.29 is 4.79 Å². The van der Waals surface area contributed by atoms with Crippen molar-refractivity contribution in [3.8, 4) is 0 Å². The average Bonchev–Trinajstić information content (AvgIpc) is 3.03. The van der Waals surface area contributed by atoms with Gasteiger partial charge in [0.2, 0.25) is 5.91 Å². The molecule has 2 aromatic rings. The number of nitrogens with zero attached hydrogens (tertiary/aromatic N) is 1. The van der Waals surface area contributed by atoms with Gasteiger partial charge >= 0.3 is 0 Å². The van der Waals surface area contributed by atoms with Crippen LogP contribution in [0.4, 0.5) is 0 Å². The van der Waals surface area contributed by atoms with E-state index >= 15 is 0 Å². The van der Waals surface area contributed by atoms with Crippen molar-refractivity contribution in [3.05, 3.63) is 70.7 Å². The van der Waals surface area contributed by atoms with E-state index < -0.39 is 0 Å². The van der Waals surface area contributed by atoms with Gasteiger partial charge in [-0.3, -0.25) is 9.69 Å². The van der Waals surface area contributed by atoms with E-state index in [4.69, 9.17) is 17.3 Å². The van der Waals surface area contributed by atoms with Crippen molar-refractivity contribution in [2.45, 2.75) is 12.5 Å². The SMILES string of the molecule is NC[C@@H]1CN(CC(=O)NCc2cccc(Cl)c2)C[C@H]1c1ccccc1. The van der Waals surface area contributed by atoms with Crippen molar-refractivity contribution in [1.82, 2.24) is 10.2 Å². The van der Waals surface area contributed by atoms with Crippen LogP contribution in [0.15, 0.2) is 54.6 Å². The van der Waals surface area contributed by atoms with E-state index in [1.165, 1.54) is 5.56 Å². The van der Waals surface area contributed by atoms with Crippen LogP contribution in [0.2, 0.25) is 5.02 Å². The number of carbonyl (C=O) groups is 1. The molecule has 25 heavy (non-hydrogen) atoms. The molecule has 0 bridgehead atoms. The molecule has 0 aliphatic carbocycles. The van der Waals surface area contributed by atoms with E-state index in [2.05, 4.69) is 34.5 Å². The molecule has 2 aromatic carbocycles. The Labute approximate surface area is 154 Å². The smallest absolute Gasteiger partial charge is 0.234 e. The van der Waals surface area contributed by atoms with Crippen molar-refractivity contribution in [1.29, 1.82) is 0 Å². The summed E-state index contributed by atoms with van der Waals surface area (Å²) in [5, 5.41) is 3.65. The Balaban J connectivity index is 1.53. The number of hydrogen-bond donors (Lipinski definition) is 2. The van der Waals surface area contributed by atoms with E-state index in [1.807, 2.05) is 30.3 Å². The average molecular weight is 358 g/mol. The number of carbonyl (C=O) groups excluding carboxylic acids is 1. The predicted molar refractivity (Wildman–Crippen MR) is 101 cm³/mol. The van der Waals surface area contributed by atoms with Crippen LogP contribution in [-0.2, 0) is 11.3 Å². The summed E-state index contributed by atoms with van der Waals surface area (Å²) in [5.74, 6) is 0.819. The summed E-state index contributed by atoms with van der Waals surface area (Å²) in [5.41, 5.74) is 8.27. The van der Waals surface area contributed by atoms with Crippen LogP contribution in [0.3, 0.4) is 0 Å². The Kier molecular flexibility index (Phi) is 6.08. The summed E-state index contributed by atoms with van der Waals surface area (Å²) in [6.07, 6.45) is 0. The third kappa shape index (κ3) is 4.82. The molecule has 3 rings (SSSR count). The third-order valence-electron chi connectivity index (χ3n) is 4.79. The molecule has 1 aliphatic rings. The summed E-state index contributed by atoms with van der Waals surface area (Å²) in [7, 11) is 0. The second-order valence-corrected chi connectivity index (χ2v) is 7.05. The molecular weight excluding hydrogens is 334 g/mol. The van der Waals surface area contributed by atoms with Gasteiger partial charge in [-0.05, 0) is 35.7 Å². The zero-order valence-corrected chi connectivity index (χ0v) is 15.0. The lowest BCUT2D eigenvalue weighted by molar-refractivity contribution is -0.122. The molecular formula is C20H24ClN3O. The van der Waals surface area contributed by atoms with Crippen molar-refractivity contribution in [2.75, 3.05) is 26.2 Å². The first-order chi connectivity index (χ1) is 12.2. The highest BCUT2D eigenvalue weighted by Gasteiger charge is 2.33. The second kappa shape index (κ2) is 8.48. The Morgan fingerprint density at radius 2 is 1.96 bits per heavy atom. The van der Waals surface area contributed by atoms with Crippen molar-refractivity contribution in [2.24, 2.45) is 11.7 Å². The zero-order chi connectivity index (χ0) is 17.6. The van der Waals surface area contributed by atoms with Crippen LogP contribution in [0, 0.1) is 5.92 Å². The van der Waals surface area contributed by atoms with Gasteiger partial charge in [-0.1, -0.05) is 54.1 Å². The van der Waals surface area contributed by atoms with Crippen molar-refractivity contribution >= 4 is 17.5 Å². The summed E-state index contributed by atoms with van der Waals surface area (Å²) in [6, 6.07) is 18.0. The minimum absolute atomic E-state index is 0.0319. The number of nitrogens with one attached hydrogen (secondary N) is 1. The number of nitrogens with two attached hydrogens (primary N) is 1. The highest BCUT2D eigenvalue weighted by molar-refractivity contribution is 6.30. The predicted octanol–water partition coefficient (Wildman–Crippen LogP) is 2.63. The van der Waals surface area contributed by atoms with Gasteiger partial charge in [0.1, 0.15) is 0 Å². The molecule has 0 aromatic heterocycles. The lowest BCUT2D eigenvalue weighted by atomic mass is 9.89. The standard InChI is InChI=1S/C20H24ClN3O/c21-18-8-4-5-15(9-18)11-23-20(25)14-24-12-17(10-22)19(13-24)16-6-2-1-3-7-16/h1-9,17,19H,10-14,22H2,(H,23,25)/t17-,19+/m1/s1. The molecule has 1 heterocycles. The Morgan fingerprint density at radius 3 is 2.68 bits per heavy atom. The van der Waals surface area contributed by atoms with E-state index in [0.29, 0.717) is 36.5 Å². The monoisotopic (exact) mass is 357 g/mol. The van der Waals surface area contributed by atoms with Crippen LogP contribution in [0.25, 0.3) is 0 Å². The van der Waals surface area contributed by atoms with Gasteiger partial charge in [0.15, 0.2) is 0 Å². The Morgan fingerprint density at radius 1 is 1.16 bits per heavy atom. The van der Waals surface area contributed by atoms with Gasteiger partial charge < -0.3 is 11.1 Å². The quantitative estimate of drug-likeness (QED) is 0.835. The summed E-state index contributed by atoms with van der Waals surface area (Å²) in [4.78, 5) is 14.5. The molecule has 4 nitrogen and oxygen atoms in total. The zero-order valence-electron chi connectivity index (χ0n) is 14.2. The third-order valence-corrected chi connectivity index (χ3v) is 5.03. The number of hydrogen-bond acceptors (Lipinski definition) is 3. The maximum Gasteiger partial charge on any atom is 0.234 e. The molecule has 1 fully saturated rings. The molecule has 0 radical (unpaired) electrons. The lowest BCUT2D eigenvalue weighted by Gasteiger charge is -2.16. The normalized spacial score (nSPS) is 20.6. The van der Waals surface area contributed by atoms with E-state index in [1.54, 1.807) is 0 Å². The second-order valence-electron chi connectivity index (χ2n) is 6.61. The maximum absolute atomic E-state index is 12.3. The fourth-order valence-electron chi connectivity index (χ4n) is 3.51. The van der Waals surface area contributed by atoms with Gasteiger partial charge in [0.05, 0.1) is 6.54 Å². The molecule has 0 unspecified atom stereocenters. The number of halogens is 1. The molecule has 1 aliphatic heterocycles. The van der Waals surface area contributed by atoms with Gasteiger partial charge in [0.25, 0.3) is 0 Å². The first-order valence-corrected chi connectivity index (χ1v) is 9.02. The first kappa shape index (κ1) is 17.9. The molecule has 0 saturated carbocycles. The van der Waals surface area contributed by atoms with Gasteiger partial charge in [0, 0.05) is 30.6 Å². The van der Waals surface area contributed by atoms with Crippen LogP contribution in [0.5, 0.6) is 0 Å². The summed E-state index contributed by atoms with van der Waals surface area (Å²) in [6.45, 7) is 3.27. The van der Waals surface area contributed by atoms with E-state index in [9.17, 15) is 4.79 Å². The minimum atomic E-state index is 0.0319. The topological polar surface area (TPSA) is 58.4 Å².